The van der Waals surface area contributed by atoms with E-state index in [9.17, 15) is 18.0 Å². The molecule has 1 N–H and O–H groups in total. The first-order valence-corrected chi connectivity index (χ1v) is 5.99. The molecule has 0 radical (unpaired) electrons. The molecule has 19 heavy (non-hydrogen) atoms. The molecule has 2 aromatic rings. The van der Waals surface area contributed by atoms with Crippen LogP contribution in [0, 0.1) is 6.92 Å². The highest BCUT2D eigenvalue weighted by molar-refractivity contribution is 7.15. The van der Waals surface area contributed by atoms with E-state index in [1.54, 1.807) is 6.20 Å². The normalized spacial score (nSPS) is 11.6. The molecule has 1 amide bonds. The average molecular weight is 290 g/mol. The fraction of sp³-hybridized carbons (Fsp3) is 0.300. The summed E-state index contributed by atoms with van der Waals surface area (Å²) in [7, 11) is 0. The Morgan fingerprint density at radius 2 is 2.26 bits per heavy atom. The molecule has 0 aliphatic heterocycles. The molecule has 0 spiro atoms. The number of alkyl halides is 3. The summed E-state index contributed by atoms with van der Waals surface area (Å²) in [4.78, 5) is 16.4. The van der Waals surface area contributed by atoms with Gasteiger partial charge in [0.1, 0.15) is 6.54 Å². The SMILES string of the molecule is Cc1cnc(NC(=O)Cn2ccc(C(F)(F)F)n2)s1. The molecule has 0 aromatic carbocycles. The molecule has 0 bridgehead atoms. The topological polar surface area (TPSA) is 59.8 Å². The van der Waals surface area contributed by atoms with E-state index in [1.807, 2.05) is 6.92 Å². The molecule has 2 heterocycles. The maximum atomic E-state index is 12.3. The average Bonchev–Trinajstić information content (AvgIpc) is 2.87. The number of carbonyl (C=O) groups excluding carboxylic acids is 1. The molecule has 0 unspecified atom stereocenters. The minimum Gasteiger partial charge on any atom is -0.300 e. The standard InChI is InChI=1S/C10H9F3N4OS/c1-6-4-14-9(19-6)15-8(18)5-17-3-2-7(16-17)10(11,12)13/h2-4H,5H2,1H3,(H,14,15,18). The van der Waals surface area contributed by atoms with Gasteiger partial charge < -0.3 is 5.32 Å². The van der Waals surface area contributed by atoms with E-state index in [2.05, 4.69) is 15.4 Å². The molecule has 0 saturated heterocycles. The van der Waals surface area contributed by atoms with Crippen LogP contribution in [0.5, 0.6) is 0 Å². The van der Waals surface area contributed by atoms with Crippen LogP contribution in [0.2, 0.25) is 0 Å². The highest BCUT2D eigenvalue weighted by atomic mass is 32.1. The van der Waals surface area contributed by atoms with Gasteiger partial charge in [-0.3, -0.25) is 9.48 Å². The third-order valence-electron chi connectivity index (χ3n) is 2.10. The monoisotopic (exact) mass is 290 g/mol. The van der Waals surface area contributed by atoms with Crippen LogP contribution in [0.4, 0.5) is 18.3 Å². The molecular weight excluding hydrogens is 281 g/mol. The number of halogens is 3. The van der Waals surface area contributed by atoms with Crippen molar-refractivity contribution in [2.24, 2.45) is 0 Å². The lowest BCUT2D eigenvalue weighted by molar-refractivity contribution is -0.141. The van der Waals surface area contributed by atoms with E-state index in [0.29, 0.717) is 5.13 Å². The maximum Gasteiger partial charge on any atom is 0.435 e. The zero-order chi connectivity index (χ0) is 14.0. The van der Waals surface area contributed by atoms with Crippen LogP contribution < -0.4 is 5.32 Å². The lowest BCUT2D eigenvalue weighted by Gasteiger charge is -2.03. The Bertz CT molecular complexity index is 590. The molecule has 2 rings (SSSR count). The molecule has 0 fully saturated rings. The number of rotatable bonds is 3. The molecule has 0 saturated carbocycles. The summed E-state index contributed by atoms with van der Waals surface area (Å²) in [5.41, 5.74) is -1.02. The van der Waals surface area contributed by atoms with Gasteiger partial charge in [-0.2, -0.15) is 18.3 Å². The summed E-state index contributed by atoms with van der Waals surface area (Å²) in [5.74, 6) is -0.480. The minimum absolute atomic E-state index is 0.297. The quantitative estimate of drug-likeness (QED) is 0.943. The van der Waals surface area contributed by atoms with Crippen molar-refractivity contribution in [2.75, 3.05) is 5.32 Å². The summed E-state index contributed by atoms with van der Waals surface area (Å²) in [5, 5.41) is 6.18. The van der Waals surface area contributed by atoms with Gasteiger partial charge in [-0.25, -0.2) is 4.98 Å². The largest absolute Gasteiger partial charge is 0.435 e. The van der Waals surface area contributed by atoms with Gasteiger partial charge in [-0.05, 0) is 13.0 Å². The Balaban J connectivity index is 1.97. The molecule has 0 atom stereocenters. The summed E-state index contributed by atoms with van der Waals surface area (Å²) in [6.45, 7) is 1.53. The van der Waals surface area contributed by atoms with Crippen LogP contribution in [0.1, 0.15) is 10.6 Å². The number of thiazole rings is 1. The summed E-state index contributed by atoms with van der Waals surface area (Å²) < 4.78 is 37.8. The van der Waals surface area contributed by atoms with Gasteiger partial charge in [-0.15, -0.1) is 11.3 Å². The first kappa shape index (κ1) is 13.5. The number of nitrogens with zero attached hydrogens (tertiary/aromatic N) is 3. The Labute approximate surface area is 110 Å². The number of carbonyl (C=O) groups is 1. The van der Waals surface area contributed by atoms with E-state index in [-0.39, 0.29) is 6.54 Å². The van der Waals surface area contributed by atoms with Gasteiger partial charge in [0.2, 0.25) is 5.91 Å². The number of hydrogen-bond donors (Lipinski definition) is 1. The molecule has 102 valence electrons. The molecule has 9 heteroatoms. The fourth-order valence-corrected chi connectivity index (χ4v) is 2.00. The van der Waals surface area contributed by atoms with Gasteiger partial charge in [-0.1, -0.05) is 0 Å². The summed E-state index contributed by atoms with van der Waals surface area (Å²) in [6.07, 6.45) is -1.81. The summed E-state index contributed by atoms with van der Waals surface area (Å²) >= 11 is 1.28. The molecule has 5 nitrogen and oxygen atoms in total. The van der Waals surface area contributed by atoms with Crippen LogP contribution in [0.25, 0.3) is 0 Å². The van der Waals surface area contributed by atoms with Crippen molar-refractivity contribution in [3.05, 3.63) is 29.0 Å². The minimum atomic E-state index is -4.51. The lowest BCUT2D eigenvalue weighted by atomic mass is 10.4. The maximum absolute atomic E-state index is 12.3. The second-order valence-corrected chi connectivity index (χ2v) is 4.96. The van der Waals surface area contributed by atoms with Crippen LogP contribution >= 0.6 is 11.3 Å². The van der Waals surface area contributed by atoms with Crippen molar-refractivity contribution in [2.45, 2.75) is 19.6 Å². The number of amides is 1. The van der Waals surface area contributed by atoms with Crippen molar-refractivity contribution in [3.63, 3.8) is 0 Å². The van der Waals surface area contributed by atoms with E-state index in [4.69, 9.17) is 0 Å². The second kappa shape index (κ2) is 5.00. The Kier molecular flexibility index (Phi) is 3.56. The molecule has 2 aromatic heterocycles. The predicted octanol–water partition coefficient (Wildman–Crippen LogP) is 2.31. The number of aromatic nitrogens is 3. The Hall–Kier alpha value is -1.90. The number of nitrogens with one attached hydrogen (secondary N) is 1. The Morgan fingerprint density at radius 1 is 1.53 bits per heavy atom. The van der Waals surface area contributed by atoms with Crippen LogP contribution in [-0.4, -0.2) is 20.7 Å². The first-order valence-electron chi connectivity index (χ1n) is 5.17. The zero-order valence-corrected chi connectivity index (χ0v) is 10.5. The van der Waals surface area contributed by atoms with Crippen molar-refractivity contribution in [3.8, 4) is 0 Å². The van der Waals surface area contributed by atoms with Crippen LogP contribution in [0.3, 0.4) is 0 Å². The van der Waals surface area contributed by atoms with E-state index < -0.39 is 17.8 Å². The van der Waals surface area contributed by atoms with Crippen molar-refractivity contribution >= 4 is 22.4 Å². The van der Waals surface area contributed by atoms with Gasteiger partial charge in [0.15, 0.2) is 10.8 Å². The number of anilines is 1. The van der Waals surface area contributed by atoms with Crippen molar-refractivity contribution < 1.29 is 18.0 Å². The van der Waals surface area contributed by atoms with Crippen molar-refractivity contribution in [1.29, 1.82) is 0 Å². The number of hydrogen-bond acceptors (Lipinski definition) is 4. The highest BCUT2D eigenvalue weighted by Gasteiger charge is 2.33. The predicted molar refractivity (Wildman–Crippen MR) is 62.7 cm³/mol. The second-order valence-electron chi connectivity index (χ2n) is 3.72. The van der Waals surface area contributed by atoms with E-state index >= 15 is 0 Å². The van der Waals surface area contributed by atoms with Gasteiger partial charge in [0.05, 0.1) is 0 Å². The highest BCUT2D eigenvalue weighted by Crippen LogP contribution is 2.27. The van der Waals surface area contributed by atoms with E-state index in [0.717, 1.165) is 21.8 Å². The van der Waals surface area contributed by atoms with Gasteiger partial charge in [0, 0.05) is 17.3 Å². The van der Waals surface area contributed by atoms with Crippen LogP contribution in [0.15, 0.2) is 18.5 Å². The fourth-order valence-electron chi connectivity index (χ4n) is 1.32. The molecular formula is C10H9F3N4OS. The number of aryl methyl sites for hydroxylation is 1. The van der Waals surface area contributed by atoms with Crippen LogP contribution in [-0.2, 0) is 17.5 Å². The summed E-state index contributed by atoms with van der Waals surface area (Å²) in [6, 6.07) is 0.820. The third kappa shape index (κ3) is 3.53. The molecule has 0 aliphatic rings. The third-order valence-corrected chi connectivity index (χ3v) is 2.93. The van der Waals surface area contributed by atoms with E-state index in [1.165, 1.54) is 11.3 Å². The Morgan fingerprint density at radius 3 is 2.79 bits per heavy atom. The first-order chi connectivity index (χ1) is 8.84. The van der Waals surface area contributed by atoms with Crippen molar-refractivity contribution in [1.82, 2.24) is 14.8 Å². The van der Waals surface area contributed by atoms with Gasteiger partial charge >= 0.3 is 6.18 Å². The van der Waals surface area contributed by atoms with Gasteiger partial charge in [0.25, 0.3) is 0 Å². The lowest BCUT2D eigenvalue weighted by Crippen LogP contribution is -2.19. The smallest absolute Gasteiger partial charge is 0.300 e. The molecule has 0 aliphatic carbocycles. The zero-order valence-electron chi connectivity index (χ0n) is 9.73.